The predicted molar refractivity (Wildman–Crippen MR) is 180 cm³/mol. The lowest BCUT2D eigenvalue weighted by Gasteiger charge is -2.36. The Morgan fingerprint density at radius 2 is 1.76 bits per heavy atom. The lowest BCUT2D eigenvalue weighted by atomic mass is 9.49. The summed E-state index contributed by atoms with van der Waals surface area (Å²) >= 11 is 1.27. The molecule has 1 aromatic heterocycles. The lowest BCUT2D eigenvalue weighted by molar-refractivity contribution is -0.121. The number of likely N-dealkylation sites (tertiary alicyclic amines) is 2. The van der Waals surface area contributed by atoms with E-state index in [0.29, 0.717) is 32.9 Å². The number of benzene rings is 1. The number of hydrogen-bond acceptors (Lipinski definition) is 10. The molecule has 0 bridgehead atoms. The first-order valence-electron chi connectivity index (χ1n) is 15.3. The quantitative estimate of drug-likeness (QED) is 0.135. The van der Waals surface area contributed by atoms with Gasteiger partial charge in [-0.1, -0.05) is 11.3 Å². The van der Waals surface area contributed by atoms with Gasteiger partial charge in [0.25, 0.3) is 11.8 Å². The van der Waals surface area contributed by atoms with Gasteiger partial charge in [-0.3, -0.25) is 14.4 Å². The van der Waals surface area contributed by atoms with E-state index in [1.54, 1.807) is 18.3 Å². The SMILES string of the molecule is [B]C([B])([B])NC(=O)/C(N)=C(/C=C(\N)NC(=O)C1CC1)Nc1cccc(-c2ncc(C(=O)N3CCC(N4CCCC4)CC3)s2)c1OC. The first kappa shape index (κ1) is 33.5. The van der Waals surface area contributed by atoms with E-state index in [4.69, 9.17) is 39.7 Å². The van der Waals surface area contributed by atoms with E-state index in [1.807, 2.05) is 11.0 Å². The van der Waals surface area contributed by atoms with Gasteiger partial charge in [0, 0.05) is 31.1 Å². The van der Waals surface area contributed by atoms with Crippen LogP contribution in [0, 0.1) is 5.92 Å². The van der Waals surface area contributed by atoms with Gasteiger partial charge in [-0.15, -0.1) is 11.3 Å². The normalized spacial score (nSPS) is 18.5. The molecule has 5 rings (SSSR count). The van der Waals surface area contributed by atoms with Crippen molar-refractivity contribution in [2.75, 3.05) is 38.6 Å². The number of nitrogens with zero attached hydrogens (tertiary/aromatic N) is 3. The maximum absolute atomic E-state index is 13.4. The molecule has 3 aliphatic rings. The maximum atomic E-state index is 13.4. The fraction of sp³-hybridized carbons (Fsp3) is 0.467. The van der Waals surface area contributed by atoms with Crippen LogP contribution in [0.5, 0.6) is 5.75 Å². The van der Waals surface area contributed by atoms with Crippen molar-refractivity contribution in [3.63, 3.8) is 0 Å². The second kappa shape index (κ2) is 14.2. The molecular formula is C30H37B3N8O4S. The molecule has 16 heteroatoms. The minimum Gasteiger partial charge on any atom is -0.494 e. The molecule has 0 unspecified atom stereocenters. The van der Waals surface area contributed by atoms with Gasteiger partial charge in [-0.05, 0) is 63.7 Å². The van der Waals surface area contributed by atoms with Crippen LogP contribution in [0.3, 0.4) is 0 Å². The Balaban J connectivity index is 1.36. The van der Waals surface area contributed by atoms with Crippen molar-refractivity contribution in [3.8, 4) is 16.3 Å². The largest absolute Gasteiger partial charge is 0.494 e. The molecule has 3 amide bonds. The summed E-state index contributed by atoms with van der Waals surface area (Å²) in [6.07, 6.45) is 8.91. The molecule has 1 saturated carbocycles. The van der Waals surface area contributed by atoms with Gasteiger partial charge in [0.2, 0.25) is 5.91 Å². The van der Waals surface area contributed by atoms with Crippen LogP contribution in [-0.2, 0) is 9.59 Å². The number of hydrogen-bond donors (Lipinski definition) is 5. The summed E-state index contributed by atoms with van der Waals surface area (Å²) in [5.74, 6) is -0.925. The zero-order valence-corrected chi connectivity index (χ0v) is 26.7. The monoisotopic (exact) mass is 638 g/mol. The van der Waals surface area contributed by atoms with E-state index < -0.39 is 11.1 Å². The second-order valence-corrected chi connectivity index (χ2v) is 12.9. The van der Waals surface area contributed by atoms with Crippen LogP contribution < -0.4 is 32.2 Å². The molecule has 3 fully saturated rings. The maximum Gasteiger partial charge on any atom is 0.267 e. The highest BCUT2D eigenvalue weighted by Crippen LogP contribution is 2.39. The molecule has 6 radical (unpaired) electrons. The molecule has 0 spiro atoms. The number of aromatic nitrogens is 1. The Kier molecular flexibility index (Phi) is 10.4. The highest BCUT2D eigenvalue weighted by Gasteiger charge is 2.31. The van der Waals surface area contributed by atoms with Crippen LogP contribution in [0.25, 0.3) is 10.6 Å². The van der Waals surface area contributed by atoms with Crippen molar-refractivity contribution < 1.29 is 19.1 Å². The molecule has 7 N–H and O–H groups in total. The van der Waals surface area contributed by atoms with Crippen LogP contribution in [0.4, 0.5) is 5.69 Å². The highest BCUT2D eigenvalue weighted by molar-refractivity contribution is 7.17. The number of piperidine rings is 1. The van der Waals surface area contributed by atoms with E-state index in [2.05, 4.69) is 25.8 Å². The molecule has 1 aliphatic carbocycles. The molecule has 1 aromatic carbocycles. The van der Waals surface area contributed by atoms with Crippen LogP contribution in [0.1, 0.15) is 48.2 Å². The number of allylic oxidation sites excluding steroid dienone is 1. The molecule has 46 heavy (non-hydrogen) atoms. The Bertz CT molecular complexity index is 1520. The standard InChI is InChI=1S/C30H37B3N8O4S/c1-45-25-19(28-36-16-22(46-28)29(44)41-13-9-18(10-14-41)40-11-2-3-12-40)5-4-6-20(25)37-21(24(35)27(43)39-30(31,32)33)15-23(34)38-26(42)17-7-8-17/h4-6,15-18,37H,2-3,7-14,34-35H2,1H3,(H,38,42)(H,39,43)/b23-15+,24-21+. The van der Waals surface area contributed by atoms with Gasteiger partial charge in [-0.2, -0.15) is 0 Å². The number of thiazole rings is 1. The molecule has 2 aliphatic heterocycles. The first-order valence-corrected chi connectivity index (χ1v) is 16.2. The minimum absolute atomic E-state index is 0.0122. The van der Waals surface area contributed by atoms with Gasteiger partial charge in [0.15, 0.2) is 5.75 Å². The molecule has 236 valence electrons. The lowest BCUT2D eigenvalue weighted by Crippen LogP contribution is -2.51. The Morgan fingerprint density at radius 1 is 1.07 bits per heavy atom. The Labute approximate surface area is 277 Å². The van der Waals surface area contributed by atoms with Crippen molar-refractivity contribution in [1.29, 1.82) is 0 Å². The zero-order chi connectivity index (χ0) is 33.0. The van der Waals surface area contributed by atoms with E-state index in [-0.39, 0.29) is 34.9 Å². The molecule has 2 aromatic rings. The predicted octanol–water partition coefficient (Wildman–Crippen LogP) is 0.661. The number of amides is 3. The van der Waals surface area contributed by atoms with E-state index in [0.717, 1.165) is 51.9 Å². The Morgan fingerprint density at radius 3 is 2.39 bits per heavy atom. The number of carbonyl (C=O) groups is 3. The van der Waals surface area contributed by atoms with Crippen molar-refractivity contribution >= 4 is 58.3 Å². The van der Waals surface area contributed by atoms with Gasteiger partial charge >= 0.3 is 0 Å². The number of carbonyl (C=O) groups excluding carboxylic acids is 3. The number of para-hydroxylation sites is 1. The van der Waals surface area contributed by atoms with Crippen molar-refractivity contribution in [1.82, 2.24) is 25.4 Å². The summed E-state index contributed by atoms with van der Waals surface area (Å²) in [7, 11) is 18.1. The number of ether oxygens (including phenoxy) is 1. The second-order valence-electron chi connectivity index (χ2n) is 11.9. The van der Waals surface area contributed by atoms with E-state index in [1.165, 1.54) is 37.4 Å². The molecule has 0 atom stereocenters. The number of nitrogens with two attached hydrogens (primary N) is 2. The molecule has 3 heterocycles. The molecule has 2 saturated heterocycles. The number of rotatable bonds is 11. The summed E-state index contributed by atoms with van der Waals surface area (Å²) < 4.78 is 5.77. The Hall–Kier alpha value is -3.91. The fourth-order valence-corrected chi connectivity index (χ4v) is 6.62. The van der Waals surface area contributed by atoms with Crippen LogP contribution >= 0.6 is 11.3 Å². The summed E-state index contributed by atoms with van der Waals surface area (Å²) in [6, 6.07) is 5.81. The summed E-state index contributed by atoms with van der Waals surface area (Å²) in [6.45, 7) is 3.75. The fourth-order valence-electron chi connectivity index (χ4n) is 5.71. The van der Waals surface area contributed by atoms with Crippen molar-refractivity contribution in [3.05, 3.63) is 52.6 Å². The van der Waals surface area contributed by atoms with E-state index in [9.17, 15) is 14.4 Å². The van der Waals surface area contributed by atoms with Crippen LogP contribution in [0.15, 0.2) is 47.7 Å². The smallest absolute Gasteiger partial charge is 0.267 e. The number of methoxy groups -OCH3 is 1. The average Bonchev–Trinajstić information content (AvgIpc) is 3.51. The highest BCUT2D eigenvalue weighted by atomic mass is 32.1. The molecular weight excluding hydrogens is 601 g/mol. The topological polar surface area (TPSA) is 168 Å². The van der Waals surface area contributed by atoms with Gasteiger partial charge < -0.3 is 42.0 Å². The van der Waals surface area contributed by atoms with Crippen molar-refractivity contribution in [2.45, 2.75) is 49.8 Å². The van der Waals surface area contributed by atoms with Crippen LogP contribution in [-0.4, -0.2) is 101 Å². The number of nitrogens with one attached hydrogen (secondary N) is 3. The van der Waals surface area contributed by atoms with Gasteiger partial charge in [0.05, 0.1) is 53.8 Å². The third-order valence-corrected chi connectivity index (χ3v) is 9.24. The molecule has 12 nitrogen and oxygen atoms in total. The number of anilines is 1. The third kappa shape index (κ3) is 8.27. The van der Waals surface area contributed by atoms with E-state index >= 15 is 0 Å². The minimum atomic E-state index is -2.04. The first-order chi connectivity index (χ1) is 21.9. The van der Waals surface area contributed by atoms with Gasteiger partial charge in [0.1, 0.15) is 21.4 Å². The average molecular weight is 638 g/mol. The summed E-state index contributed by atoms with van der Waals surface area (Å²) in [4.78, 5) is 48.1. The summed E-state index contributed by atoms with van der Waals surface area (Å²) in [5, 5.41) is 6.39. The van der Waals surface area contributed by atoms with Crippen molar-refractivity contribution in [2.24, 2.45) is 17.4 Å². The third-order valence-electron chi connectivity index (χ3n) is 8.22. The van der Waals surface area contributed by atoms with Gasteiger partial charge in [-0.25, -0.2) is 4.98 Å². The summed E-state index contributed by atoms with van der Waals surface area (Å²) in [5.41, 5.74) is 12.9. The van der Waals surface area contributed by atoms with Crippen LogP contribution in [0.2, 0.25) is 0 Å². The zero-order valence-electron chi connectivity index (χ0n) is 25.9.